The first-order valence-electron chi connectivity index (χ1n) is 7.65. The van der Waals surface area contributed by atoms with Crippen LogP contribution in [0.4, 0.5) is 5.69 Å². The molecule has 1 N–H and O–H groups in total. The van der Waals surface area contributed by atoms with Gasteiger partial charge in [-0.3, -0.25) is 4.79 Å². The Kier molecular flexibility index (Phi) is 5.59. The third-order valence-corrected chi connectivity index (χ3v) is 4.08. The van der Waals surface area contributed by atoms with Gasteiger partial charge in [-0.2, -0.15) is 0 Å². The second-order valence-electron chi connectivity index (χ2n) is 5.35. The fraction of sp³-hybridized carbons (Fsp3) is 0.0500. The van der Waals surface area contributed by atoms with Crippen LogP contribution in [0.3, 0.4) is 0 Å². The predicted octanol–water partition coefficient (Wildman–Crippen LogP) is 5.68. The molecule has 126 valence electrons. The van der Waals surface area contributed by atoms with Crippen LogP contribution in [0.1, 0.15) is 0 Å². The van der Waals surface area contributed by atoms with E-state index < -0.39 is 0 Å². The lowest BCUT2D eigenvalue weighted by Crippen LogP contribution is -2.20. The molecule has 0 aliphatic heterocycles. The molecule has 1 amide bonds. The summed E-state index contributed by atoms with van der Waals surface area (Å²) in [7, 11) is 0. The predicted molar refractivity (Wildman–Crippen MR) is 102 cm³/mol. The van der Waals surface area contributed by atoms with Crippen molar-refractivity contribution in [2.45, 2.75) is 0 Å². The van der Waals surface area contributed by atoms with E-state index in [4.69, 9.17) is 27.9 Å². The maximum atomic E-state index is 12.0. The van der Waals surface area contributed by atoms with E-state index in [0.717, 1.165) is 11.1 Å². The molecule has 0 fully saturated rings. The standard InChI is InChI=1S/C20H15Cl2NO2/c21-16-8-11-19(18(22)12-16)23-20(24)13-25-17-9-6-15(7-10-17)14-4-2-1-3-5-14/h1-12H,13H2,(H,23,24). The maximum absolute atomic E-state index is 12.0. The Balaban J connectivity index is 1.57. The van der Waals surface area contributed by atoms with Crippen molar-refractivity contribution < 1.29 is 9.53 Å². The average molecular weight is 372 g/mol. The van der Waals surface area contributed by atoms with Crippen molar-refractivity contribution in [1.29, 1.82) is 0 Å². The van der Waals surface area contributed by atoms with E-state index >= 15 is 0 Å². The lowest BCUT2D eigenvalue weighted by molar-refractivity contribution is -0.118. The van der Waals surface area contributed by atoms with Gasteiger partial charge in [0.15, 0.2) is 6.61 Å². The normalized spacial score (nSPS) is 10.3. The highest BCUT2D eigenvalue weighted by Crippen LogP contribution is 2.25. The summed E-state index contributed by atoms with van der Waals surface area (Å²) in [6.07, 6.45) is 0. The summed E-state index contributed by atoms with van der Waals surface area (Å²) in [6, 6.07) is 22.5. The highest BCUT2D eigenvalue weighted by atomic mass is 35.5. The Morgan fingerprint density at radius 1 is 0.880 bits per heavy atom. The summed E-state index contributed by atoms with van der Waals surface area (Å²) in [4.78, 5) is 12.0. The van der Waals surface area contributed by atoms with Crippen LogP contribution >= 0.6 is 23.2 Å². The Hall–Kier alpha value is -2.49. The summed E-state index contributed by atoms with van der Waals surface area (Å²) in [5.41, 5.74) is 2.72. The summed E-state index contributed by atoms with van der Waals surface area (Å²) >= 11 is 11.9. The van der Waals surface area contributed by atoms with Crippen LogP contribution in [-0.4, -0.2) is 12.5 Å². The number of hydrogen-bond acceptors (Lipinski definition) is 2. The van der Waals surface area contributed by atoms with Crippen molar-refractivity contribution in [2.75, 3.05) is 11.9 Å². The lowest BCUT2D eigenvalue weighted by atomic mass is 10.1. The smallest absolute Gasteiger partial charge is 0.262 e. The van der Waals surface area contributed by atoms with E-state index in [9.17, 15) is 4.79 Å². The van der Waals surface area contributed by atoms with Crippen LogP contribution in [0.25, 0.3) is 11.1 Å². The third-order valence-electron chi connectivity index (χ3n) is 3.54. The monoisotopic (exact) mass is 371 g/mol. The third kappa shape index (κ3) is 4.75. The molecular weight excluding hydrogens is 357 g/mol. The second-order valence-corrected chi connectivity index (χ2v) is 6.20. The molecule has 3 aromatic carbocycles. The number of nitrogens with one attached hydrogen (secondary N) is 1. The number of hydrogen-bond donors (Lipinski definition) is 1. The number of halogens is 2. The molecule has 0 radical (unpaired) electrons. The molecule has 0 spiro atoms. The minimum absolute atomic E-state index is 0.108. The fourth-order valence-electron chi connectivity index (χ4n) is 2.30. The van der Waals surface area contributed by atoms with Crippen LogP contribution in [0, 0.1) is 0 Å². The molecule has 25 heavy (non-hydrogen) atoms. The van der Waals surface area contributed by atoms with Crippen molar-refractivity contribution in [1.82, 2.24) is 0 Å². The number of rotatable bonds is 5. The first kappa shape index (κ1) is 17.3. The minimum Gasteiger partial charge on any atom is -0.484 e. The van der Waals surface area contributed by atoms with E-state index in [1.54, 1.807) is 18.2 Å². The molecule has 0 aliphatic carbocycles. The van der Waals surface area contributed by atoms with Crippen LogP contribution in [-0.2, 0) is 4.79 Å². The Labute approximate surface area is 156 Å². The summed E-state index contributed by atoms with van der Waals surface area (Å²) in [5.74, 6) is 0.327. The molecule has 0 unspecified atom stereocenters. The van der Waals surface area contributed by atoms with Gasteiger partial charge in [-0.05, 0) is 41.5 Å². The van der Waals surface area contributed by atoms with Gasteiger partial charge < -0.3 is 10.1 Å². The average Bonchev–Trinajstić information content (AvgIpc) is 2.63. The Bertz CT molecular complexity index is 865. The highest BCUT2D eigenvalue weighted by Gasteiger charge is 2.07. The number of ether oxygens (including phenoxy) is 1. The summed E-state index contributed by atoms with van der Waals surface area (Å²) < 4.78 is 5.51. The van der Waals surface area contributed by atoms with Crippen LogP contribution in [0.2, 0.25) is 10.0 Å². The van der Waals surface area contributed by atoms with Crippen molar-refractivity contribution in [2.24, 2.45) is 0 Å². The molecule has 0 atom stereocenters. The van der Waals surface area contributed by atoms with E-state index in [-0.39, 0.29) is 12.5 Å². The topological polar surface area (TPSA) is 38.3 Å². The van der Waals surface area contributed by atoms with E-state index in [1.807, 2.05) is 54.6 Å². The van der Waals surface area contributed by atoms with Gasteiger partial charge in [-0.15, -0.1) is 0 Å². The van der Waals surface area contributed by atoms with E-state index in [1.165, 1.54) is 0 Å². The molecule has 0 aliphatic rings. The van der Waals surface area contributed by atoms with Crippen molar-refractivity contribution in [3.8, 4) is 16.9 Å². The molecule has 0 saturated carbocycles. The largest absolute Gasteiger partial charge is 0.484 e. The van der Waals surface area contributed by atoms with Gasteiger partial charge in [0.2, 0.25) is 0 Å². The first-order valence-corrected chi connectivity index (χ1v) is 8.40. The van der Waals surface area contributed by atoms with Crippen LogP contribution < -0.4 is 10.1 Å². The van der Waals surface area contributed by atoms with Gasteiger partial charge in [0.1, 0.15) is 5.75 Å². The molecule has 3 rings (SSSR count). The Morgan fingerprint density at radius 3 is 2.24 bits per heavy atom. The van der Waals surface area contributed by atoms with Gasteiger partial charge >= 0.3 is 0 Å². The molecule has 0 aromatic heterocycles. The molecular formula is C20H15Cl2NO2. The zero-order valence-electron chi connectivity index (χ0n) is 13.2. The molecule has 0 saturated heterocycles. The zero-order valence-corrected chi connectivity index (χ0v) is 14.7. The van der Waals surface area contributed by atoms with Gasteiger partial charge in [0.05, 0.1) is 10.7 Å². The van der Waals surface area contributed by atoms with Gasteiger partial charge in [-0.25, -0.2) is 0 Å². The van der Waals surface area contributed by atoms with Crippen molar-refractivity contribution in [3.05, 3.63) is 82.8 Å². The number of carbonyl (C=O) groups is 1. The second kappa shape index (κ2) is 8.06. The number of anilines is 1. The van der Waals surface area contributed by atoms with Crippen molar-refractivity contribution >= 4 is 34.8 Å². The quantitative estimate of drug-likeness (QED) is 0.626. The number of benzene rings is 3. The molecule has 5 heteroatoms. The maximum Gasteiger partial charge on any atom is 0.262 e. The first-order chi connectivity index (χ1) is 12.1. The number of amides is 1. The molecule has 3 aromatic rings. The van der Waals surface area contributed by atoms with Gasteiger partial charge in [0, 0.05) is 5.02 Å². The fourth-order valence-corrected chi connectivity index (χ4v) is 2.76. The molecule has 0 heterocycles. The Morgan fingerprint density at radius 2 is 1.56 bits per heavy atom. The minimum atomic E-state index is -0.295. The number of carbonyl (C=O) groups excluding carboxylic acids is 1. The van der Waals surface area contributed by atoms with Gasteiger partial charge in [-0.1, -0.05) is 65.7 Å². The van der Waals surface area contributed by atoms with Crippen LogP contribution in [0.15, 0.2) is 72.8 Å². The van der Waals surface area contributed by atoms with E-state index in [0.29, 0.717) is 21.5 Å². The lowest BCUT2D eigenvalue weighted by Gasteiger charge is -2.09. The molecule has 0 bridgehead atoms. The van der Waals surface area contributed by atoms with Crippen molar-refractivity contribution in [3.63, 3.8) is 0 Å². The molecule has 3 nitrogen and oxygen atoms in total. The highest BCUT2D eigenvalue weighted by molar-refractivity contribution is 6.36. The van der Waals surface area contributed by atoms with E-state index in [2.05, 4.69) is 5.32 Å². The van der Waals surface area contributed by atoms with Crippen LogP contribution in [0.5, 0.6) is 5.75 Å². The SMILES string of the molecule is O=C(COc1ccc(-c2ccccc2)cc1)Nc1ccc(Cl)cc1Cl. The summed E-state index contributed by atoms with van der Waals surface area (Å²) in [6.45, 7) is -0.108. The zero-order chi connectivity index (χ0) is 17.6. The summed E-state index contributed by atoms with van der Waals surface area (Å²) in [5, 5.41) is 3.58. The van der Waals surface area contributed by atoms with Gasteiger partial charge in [0.25, 0.3) is 5.91 Å².